The van der Waals surface area contributed by atoms with E-state index in [0.717, 1.165) is 52.3 Å². The summed E-state index contributed by atoms with van der Waals surface area (Å²) in [4.78, 5) is 15.8. The average molecular weight is 581 g/mol. The lowest BCUT2D eigenvalue weighted by Crippen LogP contribution is -2.42. The summed E-state index contributed by atoms with van der Waals surface area (Å²) < 4.78 is 13.1. The molecular weight excluding hydrogens is 544 g/mol. The number of ether oxygens (including phenoxy) is 2. The number of esters is 1. The van der Waals surface area contributed by atoms with Crippen molar-refractivity contribution in [1.82, 2.24) is 0 Å². The van der Waals surface area contributed by atoms with E-state index >= 15 is 0 Å². The Morgan fingerprint density at radius 2 is 1.62 bits per heavy atom. The predicted molar refractivity (Wildman–Crippen MR) is 171 cm³/mol. The van der Waals surface area contributed by atoms with E-state index in [2.05, 4.69) is 62.2 Å². The summed E-state index contributed by atoms with van der Waals surface area (Å²) in [5.74, 6) is 1.04. The van der Waals surface area contributed by atoms with Crippen LogP contribution in [0.4, 0.5) is 17.1 Å². The first-order chi connectivity index (χ1) is 20.1. The van der Waals surface area contributed by atoms with E-state index in [4.69, 9.17) is 21.1 Å². The fourth-order valence-electron chi connectivity index (χ4n) is 6.17. The first kappa shape index (κ1) is 28.2. The molecule has 2 aliphatic heterocycles. The molecule has 0 radical (unpaired) electrons. The molecule has 0 amide bonds. The van der Waals surface area contributed by atoms with E-state index < -0.39 is 5.60 Å². The molecule has 0 bridgehead atoms. The van der Waals surface area contributed by atoms with Gasteiger partial charge in [-0.1, -0.05) is 49.6 Å². The molecule has 216 valence electrons. The van der Waals surface area contributed by atoms with Crippen LogP contribution in [0, 0.1) is 6.92 Å². The third kappa shape index (κ3) is 4.80. The van der Waals surface area contributed by atoms with Crippen molar-refractivity contribution in [2.24, 2.45) is 0 Å². The summed E-state index contributed by atoms with van der Waals surface area (Å²) in [5.41, 5.74) is 5.71. The maximum absolute atomic E-state index is 13.4. The minimum atomic E-state index is -1.13. The Bertz CT molecular complexity index is 1660. The predicted octanol–water partition coefficient (Wildman–Crippen LogP) is 9.76. The van der Waals surface area contributed by atoms with E-state index in [1.807, 2.05) is 61.5 Å². The van der Waals surface area contributed by atoms with Crippen LogP contribution in [0.1, 0.15) is 79.6 Å². The topological polar surface area (TPSA) is 50.8 Å². The number of halogens is 1. The lowest BCUT2D eigenvalue weighted by Gasteiger charge is -2.40. The van der Waals surface area contributed by atoms with Crippen LogP contribution in [-0.4, -0.2) is 18.1 Å². The fraction of sp³-hybridized carbons (Fsp3) is 0.306. The first-order valence-electron chi connectivity index (χ1n) is 14.7. The fourth-order valence-corrected chi connectivity index (χ4v) is 6.30. The maximum Gasteiger partial charge on any atom is 0.340 e. The van der Waals surface area contributed by atoms with Crippen LogP contribution in [0.5, 0.6) is 11.5 Å². The van der Waals surface area contributed by atoms with E-state index in [1.54, 1.807) is 0 Å². The molecule has 0 fully saturated rings. The zero-order chi connectivity index (χ0) is 29.6. The van der Waals surface area contributed by atoms with E-state index in [0.29, 0.717) is 22.1 Å². The highest BCUT2D eigenvalue weighted by Crippen LogP contribution is 2.57. The lowest BCUT2D eigenvalue weighted by molar-refractivity contribution is 0.0224. The van der Waals surface area contributed by atoms with Crippen molar-refractivity contribution in [2.45, 2.75) is 65.0 Å². The number of anilines is 3. The van der Waals surface area contributed by atoms with E-state index in [9.17, 15) is 4.79 Å². The van der Waals surface area contributed by atoms with Crippen molar-refractivity contribution in [1.29, 1.82) is 0 Å². The molecule has 42 heavy (non-hydrogen) atoms. The third-order valence-corrected chi connectivity index (χ3v) is 8.52. The molecule has 2 aliphatic rings. The van der Waals surface area contributed by atoms with Crippen LogP contribution in [0.3, 0.4) is 0 Å². The molecule has 0 saturated heterocycles. The highest BCUT2D eigenvalue weighted by atomic mass is 35.5. The molecule has 6 heteroatoms. The molecule has 0 saturated carbocycles. The smallest absolute Gasteiger partial charge is 0.340 e. The number of rotatable bonds is 7. The molecule has 4 aromatic carbocycles. The number of unbranched alkanes of at least 4 members (excludes halogenated alkanes) is 2. The highest BCUT2D eigenvalue weighted by molar-refractivity contribution is 6.30. The minimum Gasteiger partial charge on any atom is -0.456 e. The molecule has 1 spiro atoms. The van der Waals surface area contributed by atoms with Crippen molar-refractivity contribution in [2.75, 3.05) is 16.8 Å². The third-order valence-electron chi connectivity index (χ3n) is 8.27. The summed E-state index contributed by atoms with van der Waals surface area (Å²) >= 11 is 6.12. The van der Waals surface area contributed by atoms with E-state index in [-0.39, 0.29) is 11.5 Å². The first-order valence-corrected chi connectivity index (χ1v) is 15.1. The highest BCUT2D eigenvalue weighted by Gasteiger charge is 2.53. The van der Waals surface area contributed by atoms with Crippen LogP contribution in [0.15, 0.2) is 78.9 Å². The largest absolute Gasteiger partial charge is 0.456 e. The minimum absolute atomic E-state index is 0.0719. The Morgan fingerprint density at radius 1 is 0.881 bits per heavy atom. The Morgan fingerprint density at radius 3 is 2.36 bits per heavy atom. The van der Waals surface area contributed by atoms with Gasteiger partial charge in [-0.05, 0) is 94.3 Å². The summed E-state index contributed by atoms with van der Waals surface area (Å²) in [6.07, 6.45) is 3.47. The molecule has 0 aliphatic carbocycles. The van der Waals surface area contributed by atoms with Gasteiger partial charge in [0.2, 0.25) is 0 Å². The summed E-state index contributed by atoms with van der Waals surface area (Å²) in [6.45, 7) is 11.9. The van der Waals surface area contributed by atoms with Crippen LogP contribution in [0.25, 0.3) is 0 Å². The van der Waals surface area contributed by atoms with Gasteiger partial charge in [0.15, 0.2) is 5.60 Å². The molecule has 4 aromatic rings. The number of hydrogen-bond acceptors (Lipinski definition) is 5. The van der Waals surface area contributed by atoms with Gasteiger partial charge in [0.25, 0.3) is 0 Å². The molecule has 1 unspecified atom stereocenters. The Balaban J connectivity index is 1.51. The van der Waals surface area contributed by atoms with Gasteiger partial charge in [0.05, 0.1) is 5.56 Å². The standard InChI is InChI=1S/C36H37ClN2O3/c1-6-7-10-19-39(35(3,4)5)26-17-18-29-33(21-26)41-32-20-23(2)31(38-25-15-13-24(37)14-16-25)22-30(32)36(29)28-12-9-8-11-27(28)34(40)42-36/h8-9,11-18,20-22,38H,6-7,10,19H2,1-5H3. The number of fused-ring (bicyclic) bond motifs is 6. The van der Waals surface area contributed by atoms with Gasteiger partial charge in [-0.2, -0.15) is 0 Å². The zero-order valence-electron chi connectivity index (χ0n) is 24.9. The van der Waals surface area contributed by atoms with Gasteiger partial charge in [-0.15, -0.1) is 0 Å². The number of benzene rings is 4. The summed E-state index contributed by atoms with van der Waals surface area (Å²) in [5, 5.41) is 4.20. The van der Waals surface area contributed by atoms with Crippen molar-refractivity contribution in [3.05, 3.63) is 112 Å². The van der Waals surface area contributed by atoms with Crippen LogP contribution < -0.4 is 15.0 Å². The van der Waals surface area contributed by atoms with Gasteiger partial charge in [-0.3, -0.25) is 0 Å². The Hall–Kier alpha value is -3.96. The number of nitrogens with zero attached hydrogens (tertiary/aromatic N) is 1. The van der Waals surface area contributed by atoms with E-state index in [1.165, 1.54) is 12.8 Å². The van der Waals surface area contributed by atoms with Crippen molar-refractivity contribution >= 4 is 34.6 Å². The normalized spacial score (nSPS) is 16.8. The quantitative estimate of drug-likeness (QED) is 0.174. The second kappa shape index (κ2) is 10.7. The molecular formula is C36H37ClN2O3. The SMILES string of the molecule is CCCCCN(c1ccc2c(c1)Oc1cc(C)c(Nc3ccc(Cl)cc3)cc1C21OC(=O)c2ccccc21)C(C)(C)C. The number of nitrogens with one attached hydrogen (secondary N) is 1. The van der Waals surface area contributed by atoms with Crippen LogP contribution in [0.2, 0.25) is 5.02 Å². The number of carbonyl (C=O) groups is 1. The maximum atomic E-state index is 13.4. The van der Waals surface area contributed by atoms with Gasteiger partial charge in [0, 0.05) is 56.9 Å². The van der Waals surface area contributed by atoms with Crippen molar-refractivity contribution in [3.63, 3.8) is 0 Å². The molecule has 1 atom stereocenters. The molecule has 0 aromatic heterocycles. The average Bonchev–Trinajstić information content (AvgIpc) is 3.25. The second-order valence-electron chi connectivity index (χ2n) is 12.2. The lowest BCUT2D eigenvalue weighted by atomic mass is 9.77. The van der Waals surface area contributed by atoms with Crippen LogP contribution in [-0.2, 0) is 10.3 Å². The molecule has 1 N–H and O–H groups in total. The summed E-state index contributed by atoms with van der Waals surface area (Å²) in [7, 11) is 0. The van der Waals surface area contributed by atoms with Gasteiger partial charge in [-0.25, -0.2) is 4.79 Å². The molecule has 5 nitrogen and oxygen atoms in total. The zero-order valence-corrected chi connectivity index (χ0v) is 25.6. The van der Waals surface area contributed by atoms with Gasteiger partial charge < -0.3 is 19.7 Å². The van der Waals surface area contributed by atoms with Crippen LogP contribution >= 0.6 is 11.6 Å². The Labute approximate surface area is 253 Å². The molecule has 6 rings (SSSR count). The monoisotopic (exact) mass is 580 g/mol. The number of carbonyl (C=O) groups excluding carboxylic acids is 1. The summed E-state index contributed by atoms with van der Waals surface area (Å²) in [6, 6.07) is 25.7. The van der Waals surface area contributed by atoms with Gasteiger partial charge >= 0.3 is 5.97 Å². The van der Waals surface area contributed by atoms with Crippen molar-refractivity contribution < 1.29 is 14.3 Å². The number of aryl methyl sites for hydroxylation is 1. The Kier molecular flexibility index (Phi) is 7.18. The van der Waals surface area contributed by atoms with Crippen molar-refractivity contribution in [3.8, 4) is 11.5 Å². The molecule has 2 heterocycles. The number of hydrogen-bond donors (Lipinski definition) is 1. The second-order valence-corrected chi connectivity index (χ2v) is 12.7. The van der Waals surface area contributed by atoms with Gasteiger partial charge in [0.1, 0.15) is 11.5 Å².